The first-order chi connectivity index (χ1) is 9.25. The zero-order valence-corrected chi connectivity index (χ0v) is 10.9. The fourth-order valence-electron chi connectivity index (χ4n) is 2.25. The lowest BCUT2D eigenvalue weighted by Crippen LogP contribution is -2.05. The predicted octanol–water partition coefficient (Wildman–Crippen LogP) is 3.83. The summed E-state index contributed by atoms with van der Waals surface area (Å²) < 4.78 is 0. The third kappa shape index (κ3) is 2.27. The molecular formula is C16H12ClNO. The second kappa shape index (κ2) is 4.90. The van der Waals surface area contributed by atoms with Crippen LogP contribution in [-0.2, 0) is 11.2 Å². The molecule has 1 aliphatic heterocycles. The van der Waals surface area contributed by atoms with E-state index in [1.54, 1.807) is 0 Å². The highest BCUT2D eigenvalue weighted by molar-refractivity contribution is 6.43. The van der Waals surface area contributed by atoms with Gasteiger partial charge >= 0.3 is 0 Å². The number of allylic oxidation sites excluding steroid dienone is 1. The number of carbonyl (C=O) groups is 1. The van der Waals surface area contributed by atoms with Gasteiger partial charge in [-0.05, 0) is 11.6 Å². The van der Waals surface area contributed by atoms with Gasteiger partial charge in [-0.2, -0.15) is 0 Å². The number of hydrogen-bond donors (Lipinski definition) is 1. The second-order valence-corrected chi connectivity index (χ2v) is 4.90. The lowest BCUT2D eigenvalue weighted by Gasteiger charge is -2.04. The van der Waals surface area contributed by atoms with Crippen LogP contribution in [0.2, 0.25) is 0 Å². The van der Waals surface area contributed by atoms with Crippen LogP contribution in [0.25, 0.3) is 5.57 Å². The summed E-state index contributed by atoms with van der Waals surface area (Å²) in [6, 6.07) is 17.5. The number of amides is 1. The van der Waals surface area contributed by atoms with Crippen molar-refractivity contribution in [3.63, 3.8) is 0 Å². The van der Waals surface area contributed by atoms with E-state index < -0.39 is 0 Å². The molecule has 3 heteroatoms. The molecule has 0 spiro atoms. The van der Waals surface area contributed by atoms with Gasteiger partial charge in [0.05, 0.1) is 5.57 Å². The van der Waals surface area contributed by atoms with Crippen LogP contribution in [-0.4, -0.2) is 5.91 Å². The van der Waals surface area contributed by atoms with Gasteiger partial charge in [0.25, 0.3) is 5.91 Å². The Balaban J connectivity index is 2.00. The molecule has 0 atom stereocenters. The summed E-state index contributed by atoms with van der Waals surface area (Å²) in [5.74, 6) is -0.123. The molecule has 3 rings (SSSR count). The molecule has 0 unspecified atom stereocenters. The molecule has 0 saturated carbocycles. The van der Waals surface area contributed by atoms with Crippen molar-refractivity contribution in [3.8, 4) is 0 Å². The minimum Gasteiger partial charge on any atom is -0.321 e. The van der Waals surface area contributed by atoms with Crippen molar-refractivity contribution < 1.29 is 4.79 Å². The Labute approximate surface area is 116 Å². The van der Waals surface area contributed by atoms with Gasteiger partial charge in [0.1, 0.15) is 0 Å². The molecule has 1 aliphatic rings. The highest BCUT2D eigenvalue weighted by Crippen LogP contribution is 2.35. The third-order valence-corrected chi connectivity index (χ3v) is 3.47. The molecule has 94 valence electrons. The van der Waals surface area contributed by atoms with Crippen LogP contribution >= 0.6 is 11.6 Å². The first kappa shape index (κ1) is 12.0. The molecule has 1 heterocycles. The van der Waals surface area contributed by atoms with Gasteiger partial charge in [0.15, 0.2) is 0 Å². The lowest BCUT2D eigenvalue weighted by atomic mass is 10.0. The number of halogens is 1. The predicted molar refractivity (Wildman–Crippen MR) is 78.0 cm³/mol. The van der Waals surface area contributed by atoms with Crippen molar-refractivity contribution in [1.29, 1.82) is 0 Å². The Morgan fingerprint density at radius 2 is 1.68 bits per heavy atom. The van der Waals surface area contributed by atoms with E-state index >= 15 is 0 Å². The fraction of sp³-hybridized carbons (Fsp3) is 0.0625. The number of nitrogens with one attached hydrogen (secondary N) is 1. The largest absolute Gasteiger partial charge is 0.321 e. The van der Waals surface area contributed by atoms with E-state index in [0.717, 1.165) is 16.8 Å². The zero-order valence-electron chi connectivity index (χ0n) is 10.2. The number of para-hydroxylation sites is 1. The molecule has 0 fully saturated rings. The van der Waals surface area contributed by atoms with Crippen molar-refractivity contribution >= 4 is 28.8 Å². The highest BCUT2D eigenvalue weighted by Gasteiger charge is 2.26. The van der Waals surface area contributed by atoms with E-state index in [4.69, 9.17) is 11.6 Å². The molecule has 0 radical (unpaired) electrons. The maximum Gasteiger partial charge on any atom is 0.257 e. The maximum atomic E-state index is 12.0. The van der Waals surface area contributed by atoms with Crippen LogP contribution in [0.3, 0.4) is 0 Å². The number of hydrogen-bond acceptors (Lipinski definition) is 1. The summed E-state index contributed by atoms with van der Waals surface area (Å²) >= 11 is 6.36. The molecule has 2 nitrogen and oxygen atoms in total. The Hall–Kier alpha value is -2.06. The van der Waals surface area contributed by atoms with Crippen molar-refractivity contribution in [2.24, 2.45) is 0 Å². The zero-order chi connectivity index (χ0) is 13.2. The van der Waals surface area contributed by atoms with Crippen LogP contribution in [0.15, 0.2) is 59.6 Å². The van der Waals surface area contributed by atoms with Crippen LogP contribution in [0.5, 0.6) is 0 Å². The molecule has 1 amide bonds. The van der Waals surface area contributed by atoms with E-state index in [9.17, 15) is 4.79 Å². The summed E-state index contributed by atoms with van der Waals surface area (Å²) in [6.45, 7) is 0. The van der Waals surface area contributed by atoms with Crippen molar-refractivity contribution in [2.45, 2.75) is 6.42 Å². The van der Waals surface area contributed by atoms with E-state index in [2.05, 4.69) is 5.32 Å². The minimum absolute atomic E-state index is 0.123. The average Bonchev–Trinajstić information content (AvgIpc) is 2.75. The molecule has 0 saturated heterocycles. The van der Waals surface area contributed by atoms with Gasteiger partial charge < -0.3 is 5.32 Å². The molecule has 1 N–H and O–H groups in total. The van der Waals surface area contributed by atoms with Crippen molar-refractivity contribution in [3.05, 3.63) is 70.8 Å². The third-order valence-electron chi connectivity index (χ3n) is 3.15. The molecule has 2 aromatic carbocycles. The van der Waals surface area contributed by atoms with Crippen LogP contribution in [0, 0.1) is 0 Å². The summed E-state index contributed by atoms with van der Waals surface area (Å²) in [5.41, 5.74) is 3.39. The summed E-state index contributed by atoms with van der Waals surface area (Å²) in [4.78, 5) is 12.0. The van der Waals surface area contributed by atoms with Gasteiger partial charge in [-0.3, -0.25) is 4.79 Å². The first-order valence-electron chi connectivity index (χ1n) is 6.09. The quantitative estimate of drug-likeness (QED) is 0.825. The Morgan fingerprint density at radius 1 is 1.00 bits per heavy atom. The van der Waals surface area contributed by atoms with E-state index in [1.165, 1.54) is 0 Å². The SMILES string of the molecule is O=C1Nc2ccccc2/C1=C(/Cl)Cc1ccccc1. The van der Waals surface area contributed by atoms with Gasteiger partial charge in [0, 0.05) is 22.7 Å². The van der Waals surface area contributed by atoms with E-state index in [0.29, 0.717) is 17.0 Å². The summed E-state index contributed by atoms with van der Waals surface area (Å²) in [6.07, 6.45) is 0.569. The first-order valence-corrected chi connectivity index (χ1v) is 6.47. The van der Waals surface area contributed by atoms with Crippen molar-refractivity contribution in [2.75, 3.05) is 5.32 Å². The van der Waals surface area contributed by atoms with E-state index in [-0.39, 0.29) is 5.91 Å². The van der Waals surface area contributed by atoms with Crippen LogP contribution in [0.1, 0.15) is 11.1 Å². The number of rotatable bonds is 2. The van der Waals surface area contributed by atoms with E-state index in [1.807, 2.05) is 54.6 Å². The summed E-state index contributed by atoms with van der Waals surface area (Å²) in [5, 5.41) is 3.41. The fourth-order valence-corrected chi connectivity index (χ4v) is 2.59. The maximum absolute atomic E-state index is 12.0. The second-order valence-electron chi connectivity index (χ2n) is 4.44. The Bertz CT molecular complexity index is 661. The number of anilines is 1. The van der Waals surface area contributed by atoms with Gasteiger partial charge in [-0.15, -0.1) is 0 Å². The monoisotopic (exact) mass is 269 g/mol. The van der Waals surface area contributed by atoms with Gasteiger partial charge in [0.2, 0.25) is 0 Å². The van der Waals surface area contributed by atoms with Crippen LogP contribution in [0.4, 0.5) is 5.69 Å². The Kier molecular flexibility index (Phi) is 3.10. The standard InChI is InChI=1S/C16H12ClNO/c17-13(10-11-6-2-1-3-7-11)15-12-8-4-5-9-14(12)18-16(15)19/h1-9H,10H2,(H,18,19)/b15-13-. The smallest absolute Gasteiger partial charge is 0.257 e. The molecule has 0 aromatic heterocycles. The van der Waals surface area contributed by atoms with Crippen molar-refractivity contribution in [1.82, 2.24) is 0 Å². The minimum atomic E-state index is -0.123. The lowest BCUT2D eigenvalue weighted by molar-refractivity contribution is -0.110. The Morgan fingerprint density at radius 3 is 2.47 bits per heavy atom. The molecule has 0 bridgehead atoms. The highest BCUT2D eigenvalue weighted by atomic mass is 35.5. The topological polar surface area (TPSA) is 29.1 Å². The number of fused-ring (bicyclic) bond motifs is 1. The molecular weight excluding hydrogens is 258 g/mol. The van der Waals surface area contributed by atoms with Crippen LogP contribution < -0.4 is 5.32 Å². The average molecular weight is 270 g/mol. The molecule has 19 heavy (non-hydrogen) atoms. The number of carbonyl (C=O) groups excluding carboxylic acids is 1. The molecule has 0 aliphatic carbocycles. The molecule has 2 aromatic rings. The summed E-state index contributed by atoms with van der Waals surface area (Å²) in [7, 11) is 0. The van der Waals surface area contributed by atoms with Gasteiger partial charge in [-0.25, -0.2) is 0 Å². The number of benzene rings is 2. The normalized spacial score (nSPS) is 15.9. The van der Waals surface area contributed by atoms with Gasteiger partial charge in [-0.1, -0.05) is 60.1 Å².